The highest BCUT2D eigenvalue weighted by Gasteiger charge is 2.40. The van der Waals surface area contributed by atoms with Gasteiger partial charge in [0, 0.05) is 37.4 Å². The van der Waals surface area contributed by atoms with Gasteiger partial charge in [0.05, 0.1) is 24.4 Å². The number of rotatable bonds is 6. The number of thiocarbonyl (C=S) groups is 1. The molecule has 0 unspecified atom stereocenters. The van der Waals surface area contributed by atoms with Crippen LogP contribution in [-0.4, -0.2) is 44.9 Å². The maximum atomic E-state index is 9.63. The second-order valence-corrected chi connectivity index (χ2v) is 7.02. The van der Waals surface area contributed by atoms with Gasteiger partial charge in [0.1, 0.15) is 5.75 Å². The molecular formula is C21H22N4O2S. The van der Waals surface area contributed by atoms with Gasteiger partial charge < -0.3 is 24.6 Å². The lowest BCUT2D eigenvalue weighted by Crippen LogP contribution is -2.33. The molecule has 0 amide bonds. The van der Waals surface area contributed by atoms with Gasteiger partial charge >= 0.3 is 0 Å². The van der Waals surface area contributed by atoms with Crippen molar-refractivity contribution in [3.63, 3.8) is 0 Å². The lowest BCUT2D eigenvalue weighted by Gasteiger charge is -2.28. The highest BCUT2D eigenvalue weighted by molar-refractivity contribution is 7.80. The third-order valence-electron chi connectivity index (χ3n) is 4.95. The van der Waals surface area contributed by atoms with Gasteiger partial charge in [-0.25, -0.2) is 0 Å². The zero-order chi connectivity index (χ0) is 19.5. The summed E-state index contributed by atoms with van der Waals surface area (Å²) in [4.78, 5) is 6.72. The van der Waals surface area contributed by atoms with Gasteiger partial charge in [0.15, 0.2) is 5.11 Å². The number of aromatic nitrogens is 2. The molecule has 3 heterocycles. The quantitative estimate of drug-likeness (QED) is 0.626. The first-order valence-electron chi connectivity index (χ1n) is 9.12. The number of aromatic hydroxyl groups is 1. The Labute approximate surface area is 169 Å². The van der Waals surface area contributed by atoms with Crippen LogP contribution in [0.2, 0.25) is 0 Å². The summed E-state index contributed by atoms with van der Waals surface area (Å²) >= 11 is 5.65. The summed E-state index contributed by atoms with van der Waals surface area (Å²) in [7, 11) is 1.69. The monoisotopic (exact) mass is 394 g/mol. The van der Waals surface area contributed by atoms with Gasteiger partial charge in [0.2, 0.25) is 0 Å². The molecule has 1 aliphatic rings. The first-order chi connectivity index (χ1) is 13.7. The molecule has 2 aromatic heterocycles. The van der Waals surface area contributed by atoms with Crippen molar-refractivity contribution in [3.05, 3.63) is 78.4 Å². The third kappa shape index (κ3) is 3.46. The Bertz CT molecular complexity index is 943. The van der Waals surface area contributed by atoms with Crippen LogP contribution < -0.4 is 5.32 Å². The molecule has 4 rings (SSSR count). The van der Waals surface area contributed by atoms with Gasteiger partial charge in [-0.3, -0.25) is 4.98 Å². The van der Waals surface area contributed by atoms with Crippen molar-refractivity contribution in [2.45, 2.75) is 12.1 Å². The molecular weight excluding hydrogens is 372 g/mol. The number of hydrogen-bond donors (Lipinski definition) is 2. The van der Waals surface area contributed by atoms with Crippen molar-refractivity contribution in [2.24, 2.45) is 0 Å². The van der Waals surface area contributed by atoms with E-state index in [4.69, 9.17) is 17.0 Å². The van der Waals surface area contributed by atoms with E-state index in [1.54, 1.807) is 25.4 Å². The Morgan fingerprint density at radius 2 is 1.96 bits per heavy atom. The Balaban J connectivity index is 1.78. The normalized spacial score (nSPS) is 19.0. The lowest BCUT2D eigenvalue weighted by molar-refractivity contribution is 0.163. The molecule has 1 fully saturated rings. The Hall–Kier alpha value is -2.90. The Kier molecular flexibility index (Phi) is 5.27. The van der Waals surface area contributed by atoms with E-state index in [2.05, 4.69) is 25.8 Å². The zero-order valence-corrected chi connectivity index (χ0v) is 16.3. The number of ether oxygens (including phenoxy) is 1. The molecule has 28 heavy (non-hydrogen) atoms. The maximum absolute atomic E-state index is 9.63. The van der Waals surface area contributed by atoms with E-state index in [1.165, 1.54) is 0 Å². The molecule has 0 bridgehead atoms. The summed E-state index contributed by atoms with van der Waals surface area (Å²) in [5.41, 5.74) is 3.00. The largest absolute Gasteiger partial charge is 0.508 e. The fourth-order valence-corrected chi connectivity index (χ4v) is 3.97. The average molecular weight is 395 g/mol. The molecule has 1 aromatic carbocycles. The molecule has 1 aliphatic heterocycles. The number of hydrogen-bond acceptors (Lipinski definition) is 4. The molecule has 2 atom stereocenters. The van der Waals surface area contributed by atoms with Crippen LogP contribution in [0.25, 0.3) is 5.69 Å². The highest BCUT2D eigenvalue weighted by Crippen LogP contribution is 2.39. The smallest absolute Gasteiger partial charge is 0.170 e. The lowest BCUT2D eigenvalue weighted by atomic mass is 10.0. The van der Waals surface area contributed by atoms with Crippen LogP contribution in [0.3, 0.4) is 0 Å². The fraction of sp³-hybridized carbons (Fsp3) is 0.238. The minimum atomic E-state index is -0.0729. The molecule has 144 valence electrons. The van der Waals surface area contributed by atoms with Crippen LogP contribution in [0.1, 0.15) is 23.5 Å². The summed E-state index contributed by atoms with van der Waals surface area (Å²) in [6.45, 7) is 1.25. The van der Waals surface area contributed by atoms with E-state index in [1.807, 2.05) is 42.6 Å². The molecule has 2 N–H and O–H groups in total. The summed E-state index contributed by atoms with van der Waals surface area (Å²) in [6.07, 6.45) is 3.82. The van der Waals surface area contributed by atoms with Crippen LogP contribution >= 0.6 is 12.2 Å². The molecule has 0 spiro atoms. The number of phenols is 1. The van der Waals surface area contributed by atoms with Crippen molar-refractivity contribution in [1.29, 1.82) is 0 Å². The first-order valence-corrected chi connectivity index (χ1v) is 9.53. The number of methoxy groups -OCH3 is 1. The van der Waals surface area contributed by atoms with Gasteiger partial charge in [-0.1, -0.05) is 6.07 Å². The maximum Gasteiger partial charge on any atom is 0.170 e. The second-order valence-electron chi connectivity index (χ2n) is 6.63. The molecule has 0 radical (unpaired) electrons. The fourth-order valence-electron chi connectivity index (χ4n) is 3.64. The van der Waals surface area contributed by atoms with E-state index in [9.17, 15) is 5.11 Å². The molecule has 1 saturated heterocycles. The van der Waals surface area contributed by atoms with E-state index in [0.717, 1.165) is 17.1 Å². The second kappa shape index (κ2) is 8.00. The summed E-state index contributed by atoms with van der Waals surface area (Å²) < 4.78 is 7.43. The molecule has 6 nitrogen and oxygen atoms in total. The van der Waals surface area contributed by atoms with Crippen molar-refractivity contribution in [2.75, 3.05) is 20.3 Å². The van der Waals surface area contributed by atoms with E-state index in [0.29, 0.717) is 18.3 Å². The van der Waals surface area contributed by atoms with Crippen molar-refractivity contribution >= 4 is 17.3 Å². The number of nitrogens with one attached hydrogen (secondary N) is 1. The van der Waals surface area contributed by atoms with Gasteiger partial charge in [-0.05, 0) is 60.7 Å². The van der Waals surface area contributed by atoms with E-state index in [-0.39, 0.29) is 17.8 Å². The first kappa shape index (κ1) is 18.5. The minimum Gasteiger partial charge on any atom is -0.508 e. The average Bonchev–Trinajstić information content (AvgIpc) is 3.32. The third-order valence-corrected chi connectivity index (χ3v) is 5.30. The number of pyridine rings is 1. The van der Waals surface area contributed by atoms with Gasteiger partial charge in [0.25, 0.3) is 0 Å². The number of nitrogens with zero attached hydrogens (tertiary/aromatic N) is 3. The standard InChI is InChI=1S/C21H22N4O2S/c1-27-14-13-25-20(19(23-21(25)28)17-5-2-3-11-22-17)18-6-4-12-24(18)15-7-9-16(26)10-8-15/h2-12,19-20,26H,13-14H2,1H3,(H,23,28)/t19-,20-/m1/s1. The van der Waals surface area contributed by atoms with E-state index < -0.39 is 0 Å². The van der Waals surface area contributed by atoms with Gasteiger partial charge in [-0.2, -0.15) is 0 Å². The van der Waals surface area contributed by atoms with Gasteiger partial charge in [-0.15, -0.1) is 0 Å². The van der Waals surface area contributed by atoms with Crippen molar-refractivity contribution in [3.8, 4) is 11.4 Å². The van der Waals surface area contributed by atoms with E-state index >= 15 is 0 Å². The Morgan fingerprint density at radius 1 is 1.14 bits per heavy atom. The molecule has 7 heteroatoms. The SMILES string of the molecule is COCCN1C(=S)N[C@H](c2ccccn2)[C@H]1c1cccn1-c1ccc(O)cc1. The predicted octanol–water partition coefficient (Wildman–Crippen LogP) is 3.20. The minimum absolute atomic E-state index is 0.0404. The summed E-state index contributed by atoms with van der Waals surface area (Å²) in [5, 5.41) is 13.8. The van der Waals surface area contributed by atoms with Crippen LogP contribution in [0.5, 0.6) is 5.75 Å². The number of benzene rings is 1. The summed E-state index contributed by atoms with van der Waals surface area (Å²) in [6, 6.07) is 17.1. The van der Waals surface area contributed by atoms with Crippen molar-refractivity contribution < 1.29 is 9.84 Å². The van der Waals surface area contributed by atoms with Crippen LogP contribution in [0.4, 0.5) is 0 Å². The predicted molar refractivity (Wildman–Crippen MR) is 111 cm³/mol. The van der Waals surface area contributed by atoms with Crippen LogP contribution in [-0.2, 0) is 4.74 Å². The van der Waals surface area contributed by atoms with Crippen LogP contribution in [0.15, 0.2) is 67.0 Å². The summed E-state index contributed by atoms with van der Waals surface area (Å²) in [5.74, 6) is 0.245. The topological polar surface area (TPSA) is 62.5 Å². The highest BCUT2D eigenvalue weighted by atomic mass is 32.1. The molecule has 0 aliphatic carbocycles. The van der Waals surface area contributed by atoms with Crippen LogP contribution in [0, 0.1) is 0 Å². The number of phenolic OH excluding ortho intramolecular Hbond substituents is 1. The zero-order valence-electron chi connectivity index (χ0n) is 15.5. The Morgan fingerprint density at radius 3 is 2.68 bits per heavy atom. The molecule has 0 saturated carbocycles. The van der Waals surface area contributed by atoms with Crippen molar-refractivity contribution in [1.82, 2.24) is 19.8 Å². The molecule has 3 aromatic rings.